The number of carbonyl (C=O) groups is 1. The predicted octanol–water partition coefficient (Wildman–Crippen LogP) is 4.34. The Morgan fingerprint density at radius 2 is 1.94 bits per heavy atom. The molecule has 0 atom stereocenters. The van der Waals surface area contributed by atoms with Crippen LogP contribution in [-0.2, 0) is 0 Å². The van der Waals surface area contributed by atoms with Crippen molar-refractivity contribution in [1.82, 2.24) is 0 Å². The van der Waals surface area contributed by atoms with Gasteiger partial charge in [-0.15, -0.1) is 0 Å². The van der Waals surface area contributed by atoms with E-state index in [1.807, 2.05) is 19.1 Å². The van der Waals surface area contributed by atoms with Gasteiger partial charge in [0, 0.05) is 14.5 Å². The summed E-state index contributed by atoms with van der Waals surface area (Å²) in [5.41, 5.74) is 0.595. The summed E-state index contributed by atoms with van der Waals surface area (Å²) in [5, 5.41) is 0. The Morgan fingerprint density at radius 1 is 1.19 bits per heavy atom. The second-order valence-electron chi connectivity index (χ2n) is 3.36. The fraction of sp³-hybridized carbons (Fsp3) is 0.0833. The van der Waals surface area contributed by atoms with E-state index in [-0.39, 0.29) is 5.78 Å². The van der Waals surface area contributed by atoms with Crippen molar-refractivity contribution < 1.29 is 9.21 Å². The maximum atomic E-state index is 12.1. The lowest BCUT2D eigenvalue weighted by atomic mass is 10.1. The van der Waals surface area contributed by atoms with Gasteiger partial charge >= 0.3 is 0 Å². The van der Waals surface area contributed by atoms with Crippen molar-refractivity contribution in [3.8, 4) is 0 Å². The highest BCUT2D eigenvalue weighted by Gasteiger charge is 2.15. The first kappa shape index (κ1) is 11.6. The molecule has 0 aliphatic heterocycles. The van der Waals surface area contributed by atoms with Gasteiger partial charge in [0.25, 0.3) is 0 Å². The second kappa shape index (κ2) is 4.55. The van der Waals surface area contributed by atoms with E-state index in [9.17, 15) is 4.79 Å². The zero-order valence-electron chi connectivity index (χ0n) is 8.46. The van der Waals surface area contributed by atoms with Crippen LogP contribution in [0.1, 0.15) is 21.9 Å². The number of furan rings is 1. The molecule has 0 amide bonds. The molecule has 0 fully saturated rings. The summed E-state index contributed by atoms with van der Waals surface area (Å²) < 4.78 is 6.98. The highest BCUT2D eigenvalue weighted by atomic mass is 79.9. The zero-order chi connectivity index (χ0) is 11.7. The van der Waals surface area contributed by atoms with Gasteiger partial charge in [0.15, 0.2) is 5.76 Å². The molecule has 82 valence electrons. The molecule has 2 aromatic rings. The molecule has 0 radical (unpaired) electrons. The first-order valence-electron chi connectivity index (χ1n) is 4.64. The smallest absolute Gasteiger partial charge is 0.229 e. The molecule has 0 spiro atoms. The Morgan fingerprint density at radius 3 is 2.50 bits per heavy atom. The summed E-state index contributed by atoms with van der Waals surface area (Å²) in [6.45, 7) is 1.81. The highest BCUT2D eigenvalue weighted by molar-refractivity contribution is 9.11. The molecule has 4 heteroatoms. The van der Waals surface area contributed by atoms with Gasteiger partial charge in [-0.2, -0.15) is 0 Å². The summed E-state index contributed by atoms with van der Waals surface area (Å²) in [4.78, 5) is 12.1. The number of halogens is 2. The van der Waals surface area contributed by atoms with Crippen LogP contribution in [0.25, 0.3) is 0 Å². The van der Waals surface area contributed by atoms with E-state index in [4.69, 9.17) is 4.42 Å². The normalized spacial score (nSPS) is 10.4. The maximum absolute atomic E-state index is 12.1. The second-order valence-corrected chi connectivity index (χ2v) is 5.13. The van der Waals surface area contributed by atoms with E-state index in [1.54, 1.807) is 18.2 Å². The standard InChI is InChI=1S/C12H8Br2O2/c1-7-2-5-11(16-7)12(15)9-4-3-8(13)6-10(9)14/h2-6H,1H3. The minimum Gasteiger partial charge on any atom is -0.458 e. The molecule has 1 aromatic heterocycles. The Labute approximate surface area is 110 Å². The molecule has 1 aromatic carbocycles. The van der Waals surface area contributed by atoms with Crippen LogP contribution in [0.15, 0.2) is 43.7 Å². The summed E-state index contributed by atoms with van der Waals surface area (Å²) in [6, 6.07) is 8.89. The lowest BCUT2D eigenvalue weighted by molar-refractivity contribution is 0.101. The first-order chi connectivity index (χ1) is 7.58. The largest absolute Gasteiger partial charge is 0.458 e. The third-order valence-electron chi connectivity index (χ3n) is 2.14. The Bertz CT molecular complexity index is 544. The monoisotopic (exact) mass is 342 g/mol. The van der Waals surface area contributed by atoms with Crippen molar-refractivity contribution in [2.45, 2.75) is 6.92 Å². The van der Waals surface area contributed by atoms with Crippen LogP contribution in [0.5, 0.6) is 0 Å². The minimum absolute atomic E-state index is 0.118. The molecule has 16 heavy (non-hydrogen) atoms. The molecule has 2 rings (SSSR count). The summed E-state index contributed by atoms with van der Waals surface area (Å²) in [5.74, 6) is 0.976. The Balaban J connectivity index is 2.41. The van der Waals surface area contributed by atoms with Gasteiger partial charge in [0.2, 0.25) is 5.78 Å². The number of carbonyl (C=O) groups excluding carboxylic acids is 1. The lowest BCUT2D eigenvalue weighted by Gasteiger charge is -2.01. The fourth-order valence-electron chi connectivity index (χ4n) is 1.36. The number of hydrogen-bond donors (Lipinski definition) is 0. The average Bonchev–Trinajstić information content (AvgIpc) is 2.64. The highest BCUT2D eigenvalue weighted by Crippen LogP contribution is 2.24. The summed E-state index contributed by atoms with van der Waals surface area (Å²) in [7, 11) is 0. The fourth-order valence-corrected chi connectivity index (χ4v) is 2.59. The number of aryl methyl sites for hydroxylation is 1. The molecule has 2 nitrogen and oxygen atoms in total. The van der Waals surface area contributed by atoms with Gasteiger partial charge in [-0.1, -0.05) is 15.9 Å². The van der Waals surface area contributed by atoms with Crippen molar-refractivity contribution in [2.24, 2.45) is 0 Å². The molecule has 0 saturated carbocycles. The van der Waals surface area contributed by atoms with Gasteiger partial charge in [0.1, 0.15) is 5.76 Å². The molecule has 0 bridgehead atoms. The van der Waals surface area contributed by atoms with Crippen LogP contribution >= 0.6 is 31.9 Å². The van der Waals surface area contributed by atoms with Crippen molar-refractivity contribution >= 4 is 37.6 Å². The van der Waals surface area contributed by atoms with E-state index < -0.39 is 0 Å². The van der Waals surface area contributed by atoms with Crippen LogP contribution in [0.3, 0.4) is 0 Å². The third kappa shape index (κ3) is 2.28. The van der Waals surface area contributed by atoms with Gasteiger partial charge in [-0.3, -0.25) is 4.79 Å². The molecule has 0 saturated heterocycles. The quantitative estimate of drug-likeness (QED) is 0.759. The Kier molecular flexibility index (Phi) is 3.30. The average molecular weight is 344 g/mol. The number of ketones is 1. The summed E-state index contributed by atoms with van der Waals surface area (Å²) in [6.07, 6.45) is 0. The van der Waals surface area contributed by atoms with Crippen molar-refractivity contribution in [2.75, 3.05) is 0 Å². The van der Waals surface area contributed by atoms with Crippen molar-refractivity contribution in [3.05, 3.63) is 56.4 Å². The minimum atomic E-state index is -0.118. The van der Waals surface area contributed by atoms with Gasteiger partial charge in [-0.05, 0) is 53.2 Å². The molecule has 0 N–H and O–H groups in total. The van der Waals surface area contributed by atoms with Gasteiger partial charge < -0.3 is 4.42 Å². The van der Waals surface area contributed by atoms with E-state index in [0.717, 1.165) is 14.7 Å². The molecule has 0 aliphatic carbocycles. The lowest BCUT2D eigenvalue weighted by Crippen LogP contribution is -2.00. The van der Waals surface area contributed by atoms with E-state index in [0.29, 0.717) is 11.3 Å². The van der Waals surface area contributed by atoms with Crippen LogP contribution in [-0.4, -0.2) is 5.78 Å². The predicted molar refractivity (Wildman–Crippen MR) is 68.7 cm³/mol. The molecular weight excluding hydrogens is 336 g/mol. The number of hydrogen-bond acceptors (Lipinski definition) is 2. The number of rotatable bonds is 2. The Hall–Kier alpha value is -0.870. The SMILES string of the molecule is Cc1ccc(C(=O)c2ccc(Br)cc2Br)o1. The molecule has 0 unspecified atom stereocenters. The van der Waals surface area contributed by atoms with Crippen LogP contribution in [0.2, 0.25) is 0 Å². The topological polar surface area (TPSA) is 30.2 Å². The van der Waals surface area contributed by atoms with Crippen molar-refractivity contribution in [3.63, 3.8) is 0 Å². The molecular formula is C12H8Br2O2. The van der Waals surface area contributed by atoms with E-state index >= 15 is 0 Å². The number of benzene rings is 1. The van der Waals surface area contributed by atoms with Crippen LogP contribution in [0.4, 0.5) is 0 Å². The third-order valence-corrected chi connectivity index (χ3v) is 3.29. The van der Waals surface area contributed by atoms with E-state index in [1.165, 1.54) is 0 Å². The van der Waals surface area contributed by atoms with Crippen LogP contribution < -0.4 is 0 Å². The zero-order valence-corrected chi connectivity index (χ0v) is 11.6. The molecule has 0 aliphatic rings. The van der Waals surface area contributed by atoms with Gasteiger partial charge in [0.05, 0.1) is 0 Å². The maximum Gasteiger partial charge on any atom is 0.229 e. The van der Waals surface area contributed by atoms with Crippen LogP contribution in [0, 0.1) is 6.92 Å². The van der Waals surface area contributed by atoms with Crippen molar-refractivity contribution in [1.29, 1.82) is 0 Å². The summed E-state index contributed by atoms with van der Waals surface area (Å²) >= 11 is 6.70. The first-order valence-corrected chi connectivity index (χ1v) is 6.23. The molecule has 1 heterocycles. The van der Waals surface area contributed by atoms with E-state index in [2.05, 4.69) is 31.9 Å². The van der Waals surface area contributed by atoms with Gasteiger partial charge in [-0.25, -0.2) is 0 Å².